The van der Waals surface area contributed by atoms with Crippen molar-refractivity contribution in [2.24, 2.45) is 17.8 Å². The van der Waals surface area contributed by atoms with E-state index in [9.17, 15) is 0 Å². The summed E-state index contributed by atoms with van der Waals surface area (Å²) >= 11 is 0. The number of hydrogen-bond donors (Lipinski definition) is 2. The van der Waals surface area contributed by atoms with E-state index in [-0.39, 0.29) is 0 Å². The fourth-order valence-corrected chi connectivity index (χ4v) is 1.97. The molecule has 0 unspecified atom stereocenters. The highest BCUT2D eigenvalue weighted by atomic mass is 16.5. The van der Waals surface area contributed by atoms with Gasteiger partial charge in [0.15, 0.2) is 17.5 Å². The van der Waals surface area contributed by atoms with Crippen molar-refractivity contribution in [2.75, 3.05) is 19.5 Å². The second-order valence-corrected chi connectivity index (χ2v) is 4.78. The van der Waals surface area contributed by atoms with Crippen LogP contribution in [0.3, 0.4) is 0 Å². The Morgan fingerprint density at radius 2 is 2.05 bits per heavy atom. The third kappa shape index (κ3) is 3.49. The van der Waals surface area contributed by atoms with E-state index in [1.54, 1.807) is 32.5 Å². The molecule has 1 aromatic heterocycles. The topological polar surface area (TPSA) is 86.7 Å². The molecular formula is C15H21N5O2. The number of guanidine groups is 1. The lowest BCUT2D eigenvalue weighted by Gasteiger charge is -2.10. The molecule has 0 atom stereocenters. The molecule has 1 aromatic carbocycles. The Labute approximate surface area is 129 Å². The summed E-state index contributed by atoms with van der Waals surface area (Å²) in [7, 11) is 5.08. The van der Waals surface area contributed by atoms with Gasteiger partial charge in [-0.25, -0.2) is 4.99 Å². The normalized spacial score (nSPS) is 11.4. The van der Waals surface area contributed by atoms with Gasteiger partial charge in [0.25, 0.3) is 0 Å². The zero-order chi connectivity index (χ0) is 16.1. The Bertz CT molecular complexity index is 679. The maximum absolute atomic E-state index is 5.91. The predicted molar refractivity (Wildman–Crippen MR) is 86.4 cm³/mol. The van der Waals surface area contributed by atoms with E-state index in [1.807, 2.05) is 24.7 Å². The lowest BCUT2D eigenvalue weighted by atomic mass is 10.2. The summed E-state index contributed by atoms with van der Waals surface area (Å²) in [5.74, 6) is 1.62. The van der Waals surface area contributed by atoms with Gasteiger partial charge < -0.3 is 20.5 Å². The number of aryl methyl sites for hydroxylation is 1. The number of nitrogens with two attached hydrogens (primary N) is 1. The molecule has 7 heteroatoms. The monoisotopic (exact) mass is 303 g/mol. The average Bonchev–Trinajstić information content (AvgIpc) is 2.84. The Morgan fingerprint density at radius 1 is 1.32 bits per heavy atom. The van der Waals surface area contributed by atoms with Crippen molar-refractivity contribution in [1.29, 1.82) is 0 Å². The molecule has 22 heavy (non-hydrogen) atoms. The van der Waals surface area contributed by atoms with Crippen molar-refractivity contribution in [1.82, 2.24) is 9.78 Å². The number of anilines is 1. The number of rotatable bonds is 5. The number of nitrogens with one attached hydrogen (secondary N) is 1. The highest BCUT2D eigenvalue weighted by molar-refractivity contribution is 5.92. The van der Waals surface area contributed by atoms with Gasteiger partial charge in [0.05, 0.1) is 27.0 Å². The molecule has 0 amide bonds. The highest BCUT2D eigenvalue weighted by Crippen LogP contribution is 2.29. The molecule has 0 saturated heterocycles. The van der Waals surface area contributed by atoms with Crippen LogP contribution < -0.4 is 20.5 Å². The van der Waals surface area contributed by atoms with Crippen LogP contribution >= 0.6 is 0 Å². The molecule has 0 saturated carbocycles. The van der Waals surface area contributed by atoms with Crippen LogP contribution in [0.1, 0.15) is 11.3 Å². The lowest BCUT2D eigenvalue weighted by molar-refractivity contribution is 0.355. The number of hydrogen-bond acceptors (Lipinski definition) is 4. The van der Waals surface area contributed by atoms with Crippen LogP contribution in [0.4, 0.5) is 5.69 Å². The predicted octanol–water partition coefficient (Wildman–Crippen LogP) is 1.67. The highest BCUT2D eigenvalue weighted by Gasteiger charge is 2.06. The maximum atomic E-state index is 5.91. The van der Waals surface area contributed by atoms with Crippen LogP contribution in [0.2, 0.25) is 0 Å². The van der Waals surface area contributed by atoms with Crippen LogP contribution in [0.5, 0.6) is 11.5 Å². The molecule has 2 aromatic rings. The van der Waals surface area contributed by atoms with Crippen LogP contribution in [0.15, 0.2) is 29.4 Å². The summed E-state index contributed by atoms with van der Waals surface area (Å²) in [4.78, 5) is 4.32. The Morgan fingerprint density at radius 3 is 2.64 bits per heavy atom. The summed E-state index contributed by atoms with van der Waals surface area (Å²) < 4.78 is 12.3. The zero-order valence-electron chi connectivity index (χ0n) is 13.3. The molecule has 0 spiro atoms. The summed E-state index contributed by atoms with van der Waals surface area (Å²) in [6, 6.07) is 5.45. The quantitative estimate of drug-likeness (QED) is 0.648. The van der Waals surface area contributed by atoms with Crippen molar-refractivity contribution in [2.45, 2.75) is 13.5 Å². The second kappa shape index (κ2) is 6.84. The average molecular weight is 303 g/mol. The molecule has 118 valence electrons. The molecule has 0 radical (unpaired) electrons. The van der Waals surface area contributed by atoms with Gasteiger partial charge >= 0.3 is 0 Å². The van der Waals surface area contributed by atoms with Crippen molar-refractivity contribution < 1.29 is 9.47 Å². The molecule has 7 nitrogen and oxygen atoms in total. The standard InChI is InChI=1S/C15H21N5O2/c1-10-11(9-18-20(10)2)8-17-15(16)19-12-5-6-13(21-3)14(7-12)22-4/h5-7,9H,8H2,1-4H3,(H3,16,17,19). The van der Waals surface area contributed by atoms with Crippen LogP contribution in [0.25, 0.3) is 0 Å². The third-order valence-corrected chi connectivity index (χ3v) is 3.41. The number of methoxy groups -OCH3 is 2. The first-order chi connectivity index (χ1) is 10.5. The first-order valence-corrected chi connectivity index (χ1v) is 6.81. The minimum atomic E-state index is 0.329. The lowest BCUT2D eigenvalue weighted by Crippen LogP contribution is -2.22. The van der Waals surface area contributed by atoms with Crippen molar-refractivity contribution >= 4 is 11.6 Å². The maximum Gasteiger partial charge on any atom is 0.193 e. The van der Waals surface area contributed by atoms with Crippen LogP contribution in [0, 0.1) is 6.92 Å². The van der Waals surface area contributed by atoms with Gasteiger partial charge in [-0.1, -0.05) is 0 Å². The molecule has 0 aliphatic heterocycles. The number of aromatic nitrogens is 2. The SMILES string of the molecule is COc1ccc(NC(N)=NCc2cnn(C)c2C)cc1OC. The van der Waals surface area contributed by atoms with Crippen LogP contribution in [-0.4, -0.2) is 30.0 Å². The molecule has 0 fully saturated rings. The summed E-state index contributed by atoms with van der Waals surface area (Å²) in [6.07, 6.45) is 1.79. The molecule has 0 bridgehead atoms. The van der Waals surface area contributed by atoms with Crippen molar-refractivity contribution in [3.63, 3.8) is 0 Å². The van der Waals surface area contributed by atoms with E-state index >= 15 is 0 Å². The molecule has 1 heterocycles. The van der Waals surface area contributed by atoms with Gasteiger partial charge in [-0.2, -0.15) is 5.10 Å². The largest absolute Gasteiger partial charge is 0.493 e. The van der Waals surface area contributed by atoms with Gasteiger partial charge in [0, 0.05) is 30.1 Å². The van der Waals surface area contributed by atoms with Gasteiger partial charge in [0.2, 0.25) is 0 Å². The van der Waals surface area contributed by atoms with Gasteiger partial charge in [-0.05, 0) is 19.1 Å². The van der Waals surface area contributed by atoms with Gasteiger partial charge in [-0.3, -0.25) is 4.68 Å². The Hall–Kier alpha value is -2.70. The fourth-order valence-electron chi connectivity index (χ4n) is 1.97. The first-order valence-electron chi connectivity index (χ1n) is 6.81. The smallest absolute Gasteiger partial charge is 0.193 e. The van der Waals surface area contributed by atoms with E-state index in [4.69, 9.17) is 15.2 Å². The van der Waals surface area contributed by atoms with Crippen LogP contribution in [-0.2, 0) is 13.6 Å². The molecular weight excluding hydrogens is 282 g/mol. The van der Waals surface area contributed by atoms with E-state index in [0.717, 1.165) is 16.9 Å². The molecule has 0 aliphatic rings. The van der Waals surface area contributed by atoms with Crippen molar-refractivity contribution in [3.05, 3.63) is 35.7 Å². The second-order valence-electron chi connectivity index (χ2n) is 4.78. The molecule has 0 aliphatic carbocycles. The third-order valence-electron chi connectivity index (χ3n) is 3.41. The number of ether oxygens (including phenoxy) is 2. The Kier molecular flexibility index (Phi) is 4.88. The van der Waals surface area contributed by atoms with Gasteiger partial charge in [0.1, 0.15) is 0 Å². The fraction of sp³-hybridized carbons (Fsp3) is 0.333. The summed E-state index contributed by atoms with van der Waals surface area (Å²) in [5, 5.41) is 7.21. The summed E-state index contributed by atoms with van der Waals surface area (Å²) in [5.41, 5.74) is 8.80. The van der Waals surface area contributed by atoms with E-state index in [0.29, 0.717) is 24.0 Å². The first kappa shape index (κ1) is 15.7. The summed E-state index contributed by atoms with van der Waals surface area (Å²) in [6.45, 7) is 2.47. The van der Waals surface area contributed by atoms with Crippen molar-refractivity contribution in [3.8, 4) is 11.5 Å². The number of aliphatic imine (C=N–C) groups is 1. The minimum absolute atomic E-state index is 0.329. The van der Waals surface area contributed by atoms with E-state index in [1.165, 1.54) is 0 Å². The van der Waals surface area contributed by atoms with E-state index < -0.39 is 0 Å². The van der Waals surface area contributed by atoms with E-state index in [2.05, 4.69) is 15.4 Å². The molecule has 3 N–H and O–H groups in total. The molecule has 2 rings (SSSR count). The van der Waals surface area contributed by atoms with Gasteiger partial charge in [-0.15, -0.1) is 0 Å². The Balaban J connectivity index is 2.06. The number of benzene rings is 1. The zero-order valence-corrected chi connectivity index (χ0v) is 13.3. The minimum Gasteiger partial charge on any atom is -0.493 e. The number of nitrogens with zero attached hydrogens (tertiary/aromatic N) is 3.